The fourth-order valence-corrected chi connectivity index (χ4v) is 2.44. The van der Waals surface area contributed by atoms with E-state index in [0.29, 0.717) is 24.0 Å². The molecule has 0 radical (unpaired) electrons. The van der Waals surface area contributed by atoms with Crippen LogP contribution in [0.3, 0.4) is 0 Å². The van der Waals surface area contributed by atoms with Gasteiger partial charge in [0.2, 0.25) is 5.88 Å². The molecule has 1 aromatic heterocycles. The molecule has 2 heterocycles. The molecule has 1 aliphatic heterocycles. The van der Waals surface area contributed by atoms with Gasteiger partial charge in [0.15, 0.2) is 0 Å². The van der Waals surface area contributed by atoms with Gasteiger partial charge in [0.25, 0.3) is 5.91 Å². The second-order valence-corrected chi connectivity index (χ2v) is 5.72. The van der Waals surface area contributed by atoms with Crippen molar-refractivity contribution < 1.29 is 27.4 Å². The Bertz CT molecular complexity index is 762. The van der Waals surface area contributed by atoms with Gasteiger partial charge < -0.3 is 14.4 Å². The molecule has 0 aliphatic carbocycles. The van der Waals surface area contributed by atoms with Gasteiger partial charge in [-0.3, -0.25) is 4.79 Å². The number of alkyl halides is 3. The number of hydrogen-bond acceptors (Lipinski definition) is 4. The Morgan fingerprint density at radius 2 is 1.88 bits per heavy atom. The molecule has 3 rings (SSSR count). The van der Waals surface area contributed by atoms with E-state index in [1.54, 1.807) is 18.3 Å². The lowest BCUT2D eigenvalue weighted by Gasteiger charge is -2.38. The van der Waals surface area contributed by atoms with Crippen molar-refractivity contribution in [2.24, 2.45) is 0 Å². The van der Waals surface area contributed by atoms with Gasteiger partial charge in [0.05, 0.1) is 13.1 Å². The monoisotopic (exact) mass is 372 g/mol. The zero-order chi connectivity index (χ0) is 18.0. The standard InChI is InChI=1S/C16H12ClF3N2O3/c17-13-2-1-7-21-14(13)24-12-8-22(9-12)15(23)10-3-5-11(6-4-10)25-16(18,19)20/h1-7,12H,8-9H2. The number of likely N-dealkylation sites (tertiary alicyclic amines) is 1. The summed E-state index contributed by atoms with van der Waals surface area (Å²) in [7, 11) is 0. The quantitative estimate of drug-likeness (QED) is 0.823. The first-order chi connectivity index (χ1) is 11.8. The lowest BCUT2D eigenvalue weighted by molar-refractivity contribution is -0.274. The Hall–Kier alpha value is -2.48. The third-order valence-electron chi connectivity index (χ3n) is 3.47. The smallest absolute Gasteiger partial charge is 0.470 e. The number of amides is 1. The van der Waals surface area contributed by atoms with Crippen LogP contribution in [0.5, 0.6) is 11.6 Å². The molecule has 0 saturated carbocycles. The summed E-state index contributed by atoms with van der Waals surface area (Å²) in [6.45, 7) is 0.680. The maximum absolute atomic E-state index is 12.3. The van der Waals surface area contributed by atoms with E-state index in [0.717, 1.165) is 12.1 Å². The molecule has 1 fully saturated rings. The number of halogens is 4. The van der Waals surface area contributed by atoms with Crippen molar-refractivity contribution in [1.29, 1.82) is 0 Å². The number of benzene rings is 1. The Balaban J connectivity index is 1.54. The molecular formula is C16H12ClF3N2O3. The average Bonchev–Trinajstić information content (AvgIpc) is 2.51. The first-order valence-electron chi connectivity index (χ1n) is 7.24. The molecule has 2 aromatic rings. The number of carbonyl (C=O) groups excluding carboxylic acids is 1. The molecule has 1 amide bonds. The highest BCUT2D eigenvalue weighted by Gasteiger charge is 2.34. The van der Waals surface area contributed by atoms with E-state index >= 15 is 0 Å². The maximum atomic E-state index is 12.3. The first-order valence-corrected chi connectivity index (χ1v) is 7.62. The van der Waals surface area contributed by atoms with Crippen LogP contribution in [-0.4, -0.2) is 41.3 Å². The van der Waals surface area contributed by atoms with Crippen LogP contribution < -0.4 is 9.47 Å². The van der Waals surface area contributed by atoms with Crippen LogP contribution in [0.4, 0.5) is 13.2 Å². The highest BCUT2D eigenvalue weighted by atomic mass is 35.5. The molecule has 25 heavy (non-hydrogen) atoms. The number of hydrogen-bond donors (Lipinski definition) is 0. The van der Waals surface area contributed by atoms with Crippen molar-refractivity contribution in [1.82, 2.24) is 9.88 Å². The van der Waals surface area contributed by atoms with Crippen molar-refractivity contribution in [2.75, 3.05) is 13.1 Å². The van der Waals surface area contributed by atoms with Gasteiger partial charge in [0.1, 0.15) is 16.9 Å². The molecule has 1 aliphatic rings. The number of nitrogens with zero attached hydrogens (tertiary/aromatic N) is 2. The number of ether oxygens (including phenoxy) is 2. The van der Waals surface area contributed by atoms with E-state index in [1.165, 1.54) is 17.0 Å². The lowest BCUT2D eigenvalue weighted by Crippen LogP contribution is -2.56. The summed E-state index contributed by atoms with van der Waals surface area (Å²) in [4.78, 5) is 17.8. The molecule has 1 aromatic carbocycles. The van der Waals surface area contributed by atoms with Gasteiger partial charge in [-0.2, -0.15) is 0 Å². The molecule has 0 unspecified atom stereocenters. The van der Waals surface area contributed by atoms with Gasteiger partial charge in [-0.05, 0) is 36.4 Å². The van der Waals surface area contributed by atoms with Crippen LogP contribution in [0, 0.1) is 0 Å². The average molecular weight is 373 g/mol. The topological polar surface area (TPSA) is 51.7 Å². The van der Waals surface area contributed by atoms with E-state index in [1.807, 2.05) is 0 Å². The van der Waals surface area contributed by atoms with Crippen LogP contribution >= 0.6 is 11.6 Å². The van der Waals surface area contributed by atoms with Crippen molar-refractivity contribution in [3.8, 4) is 11.6 Å². The van der Waals surface area contributed by atoms with Crippen LogP contribution in [0.1, 0.15) is 10.4 Å². The number of rotatable bonds is 4. The predicted octanol–water partition coefficient (Wildman–Crippen LogP) is 3.54. The molecule has 132 valence electrons. The summed E-state index contributed by atoms with van der Waals surface area (Å²) < 4.78 is 45.7. The first kappa shape index (κ1) is 17.3. The number of pyridine rings is 1. The number of carbonyl (C=O) groups is 1. The summed E-state index contributed by atoms with van der Waals surface area (Å²) >= 11 is 5.94. The minimum atomic E-state index is -4.76. The maximum Gasteiger partial charge on any atom is 0.573 e. The van der Waals surface area contributed by atoms with Gasteiger partial charge >= 0.3 is 6.36 Å². The van der Waals surface area contributed by atoms with E-state index in [4.69, 9.17) is 16.3 Å². The summed E-state index contributed by atoms with van der Waals surface area (Å²) in [5, 5.41) is 0.382. The summed E-state index contributed by atoms with van der Waals surface area (Å²) in [5.74, 6) is -0.376. The fourth-order valence-electron chi connectivity index (χ4n) is 2.28. The van der Waals surface area contributed by atoms with E-state index in [9.17, 15) is 18.0 Å². The zero-order valence-corrected chi connectivity index (χ0v) is 13.4. The van der Waals surface area contributed by atoms with Crippen LogP contribution in [0.25, 0.3) is 0 Å². The third kappa shape index (κ3) is 4.33. The SMILES string of the molecule is O=C(c1ccc(OC(F)(F)F)cc1)N1CC(Oc2ncccc2Cl)C1. The minimum Gasteiger partial charge on any atom is -0.470 e. The van der Waals surface area contributed by atoms with Crippen molar-refractivity contribution in [2.45, 2.75) is 12.5 Å². The lowest BCUT2D eigenvalue weighted by atomic mass is 10.1. The number of aromatic nitrogens is 1. The molecule has 5 nitrogen and oxygen atoms in total. The van der Waals surface area contributed by atoms with E-state index in [-0.39, 0.29) is 23.3 Å². The molecule has 0 N–H and O–H groups in total. The van der Waals surface area contributed by atoms with Gasteiger partial charge in [-0.15, -0.1) is 13.2 Å². The Morgan fingerprint density at radius 3 is 2.48 bits per heavy atom. The molecular weight excluding hydrogens is 361 g/mol. The van der Waals surface area contributed by atoms with Gasteiger partial charge in [0, 0.05) is 11.8 Å². The second-order valence-electron chi connectivity index (χ2n) is 5.31. The van der Waals surface area contributed by atoms with Crippen molar-refractivity contribution >= 4 is 17.5 Å². The second kappa shape index (κ2) is 6.79. The van der Waals surface area contributed by atoms with Crippen LogP contribution in [0.2, 0.25) is 5.02 Å². The molecule has 0 atom stereocenters. The molecule has 0 bridgehead atoms. The Kier molecular flexibility index (Phi) is 4.71. The molecule has 9 heteroatoms. The fraction of sp³-hybridized carbons (Fsp3) is 0.250. The Morgan fingerprint density at radius 1 is 1.20 bits per heavy atom. The largest absolute Gasteiger partial charge is 0.573 e. The normalized spacial score (nSPS) is 14.8. The highest BCUT2D eigenvalue weighted by Crippen LogP contribution is 2.26. The van der Waals surface area contributed by atoms with Gasteiger partial charge in [-0.25, -0.2) is 4.98 Å². The minimum absolute atomic E-state index is 0.232. The molecule has 0 spiro atoms. The third-order valence-corrected chi connectivity index (χ3v) is 3.76. The summed E-state index contributed by atoms with van der Waals surface area (Å²) in [6, 6.07) is 8.10. The Labute approximate surface area is 145 Å². The predicted molar refractivity (Wildman–Crippen MR) is 82.7 cm³/mol. The van der Waals surface area contributed by atoms with E-state index < -0.39 is 6.36 Å². The zero-order valence-electron chi connectivity index (χ0n) is 12.7. The van der Waals surface area contributed by atoms with Crippen molar-refractivity contribution in [3.63, 3.8) is 0 Å². The summed E-state index contributed by atoms with van der Waals surface area (Å²) in [5.41, 5.74) is 0.267. The molecule has 1 saturated heterocycles. The van der Waals surface area contributed by atoms with E-state index in [2.05, 4.69) is 9.72 Å². The van der Waals surface area contributed by atoms with Crippen LogP contribution in [0.15, 0.2) is 42.6 Å². The van der Waals surface area contributed by atoms with Gasteiger partial charge in [-0.1, -0.05) is 11.6 Å². The van der Waals surface area contributed by atoms with Crippen molar-refractivity contribution in [3.05, 3.63) is 53.2 Å². The highest BCUT2D eigenvalue weighted by molar-refractivity contribution is 6.31. The van der Waals surface area contributed by atoms with Crippen LogP contribution in [-0.2, 0) is 0 Å². The summed E-state index contributed by atoms with van der Waals surface area (Å²) in [6.07, 6.45) is -3.45.